The molecule has 1 aromatic heterocycles. The average molecular weight is 231 g/mol. The first-order valence-corrected chi connectivity index (χ1v) is 4.20. The van der Waals surface area contributed by atoms with Crippen LogP contribution in [-0.2, 0) is 9.53 Å². The van der Waals surface area contributed by atoms with Gasteiger partial charge in [0.2, 0.25) is 0 Å². The molecule has 1 heterocycles. The van der Waals surface area contributed by atoms with Gasteiger partial charge in [-0.2, -0.15) is 0 Å². The van der Waals surface area contributed by atoms with Gasteiger partial charge in [-0.05, 0) is 30.4 Å². The summed E-state index contributed by atoms with van der Waals surface area (Å²) in [6.07, 6.45) is 4.31. The Morgan fingerprint density at radius 2 is 2.13 bits per heavy atom. The summed E-state index contributed by atoms with van der Waals surface area (Å²) in [5, 5.41) is 11.2. The summed E-state index contributed by atoms with van der Waals surface area (Å²) < 4.78 is 4.54. The second kappa shape index (κ2) is 8.01. The number of hydrogen-bond donors (Lipinski definition) is 0. The smallest absolute Gasteiger partial charge is 0.868 e. The molecule has 0 aromatic carbocycles. The van der Waals surface area contributed by atoms with E-state index in [2.05, 4.69) is 9.72 Å². The maximum absolute atomic E-state index is 11.2. The Bertz CT molecular complexity index is 338. The number of esters is 1. The van der Waals surface area contributed by atoms with Crippen molar-refractivity contribution in [2.24, 2.45) is 0 Å². The van der Waals surface area contributed by atoms with Crippen molar-refractivity contribution in [1.29, 1.82) is 0 Å². The first-order valence-electron chi connectivity index (χ1n) is 4.20. The maximum atomic E-state index is 11.2. The largest absolute Gasteiger partial charge is 1.00 e. The fourth-order valence-electron chi connectivity index (χ4n) is 0.872. The standard InChI is InChI=1S/C10H11NO3.K/c1-2-14-10(13)9(12)7-8-3-5-11-6-4-8;/h3-7,12H,2H2,1H3;/q;+1/p-1/b9-7-;. The van der Waals surface area contributed by atoms with Crippen LogP contribution in [0.3, 0.4) is 0 Å². The predicted octanol–water partition coefficient (Wildman–Crippen LogP) is -2.65. The summed E-state index contributed by atoms with van der Waals surface area (Å²) >= 11 is 0. The Morgan fingerprint density at radius 3 is 2.67 bits per heavy atom. The molecular formula is C10H10KNO3. The molecule has 0 atom stereocenters. The zero-order chi connectivity index (χ0) is 10.4. The molecule has 0 aliphatic rings. The molecule has 0 fully saturated rings. The first-order chi connectivity index (χ1) is 6.74. The molecule has 5 heteroatoms. The van der Waals surface area contributed by atoms with E-state index in [1.165, 1.54) is 6.08 Å². The van der Waals surface area contributed by atoms with Gasteiger partial charge in [0.15, 0.2) is 0 Å². The number of rotatable bonds is 3. The zero-order valence-electron chi connectivity index (χ0n) is 8.77. The van der Waals surface area contributed by atoms with Crippen LogP contribution in [0.2, 0.25) is 0 Å². The number of pyridine rings is 1. The average Bonchev–Trinajstić information content (AvgIpc) is 2.19. The van der Waals surface area contributed by atoms with Crippen LogP contribution in [-0.4, -0.2) is 17.6 Å². The molecule has 0 saturated heterocycles. The SMILES string of the molecule is CCOC(=O)/C([O-])=C/c1ccncc1.[K+]. The Kier molecular flexibility index (Phi) is 7.90. The third-order valence-electron chi connectivity index (χ3n) is 1.48. The van der Waals surface area contributed by atoms with E-state index in [0.29, 0.717) is 5.56 Å². The number of nitrogens with zero attached hydrogens (tertiary/aromatic N) is 1. The van der Waals surface area contributed by atoms with Gasteiger partial charge >= 0.3 is 57.4 Å². The van der Waals surface area contributed by atoms with Crippen LogP contribution in [0.5, 0.6) is 0 Å². The van der Waals surface area contributed by atoms with E-state index in [4.69, 9.17) is 0 Å². The van der Waals surface area contributed by atoms with Gasteiger partial charge in [-0.15, -0.1) is 0 Å². The van der Waals surface area contributed by atoms with Gasteiger partial charge in [-0.3, -0.25) is 4.98 Å². The molecule has 0 spiro atoms. The van der Waals surface area contributed by atoms with Crippen molar-refractivity contribution in [3.63, 3.8) is 0 Å². The molecule has 4 nitrogen and oxygen atoms in total. The second-order valence-corrected chi connectivity index (χ2v) is 2.51. The van der Waals surface area contributed by atoms with Crippen LogP contribution >= 0.6 is 0 Å². The molecule has 0 aliphatic heterocycles. The van der Waals surface area contributed by atoms with Crippen molar-refractivity contribution in [2.75, 3.05) is 6.61 Å². The van der Waals surface area contributed by atoms with Gasteiger partial charge in [-0.25, -0.2) is 4.79 Å². The van der Waals surface area contributed by atoms with E-state index in [1.807, 2.05) is 0 Å². The normalized spacial score (nSPS) is 10.3. The van der Waals surface area contributed by atoms with Crippen LogP contribution in [0.25, 0.3) is 6.08 Å². The number of carbonyl (C=O) groups is 1. The molecule has 0 N–H and O–H groups in total. The predicted molar refractivity (Wildman–Crippen MR) is 48.8 cm³/mol. The molecule has 0 bridgehead atoms. The molecule has 0 saturated carbocycles. The van der Waals surface area contributed by atoms with Crippen LogP contribution in [0, 0.1) is 0 Å². The summed E-state index contributed by atoms with van der Waals surface area (Å²) in [5.41, 5.74) is 0.637. The van der Waals surface area contributed by atoms with Crippen LogP contribution in [0.15, 0.2) is 30.3 Å². The third-order valence-corrected chi connectivity index (χ3v) is 1.48. The van der Waals surface area contributed by atoms with Crippen molar-refractivity contribution >= 4 is 12.0 Å². The van der Waals surface area contributed by atoms with E-state index < -0.39 is 11.7 Å². The summed E-state index contributed by atoms with van der Waals surface area (Å²) in [6, 6.07) is 3.27. The summed E-state index contributed by atoms with van der Waals surface area (Å²) in [7, 11) is 0. The van der Waals surface area contributed by atoms with Crippen LogP contribution in [0.1, 0.15) is 12.5 Å². The number of ether oxygens (including phenoxy) is 1. The monoisotopic (exact) mass is 231 g/mol. The topological polar surface area (TPSA) is 62.2 Å². The van der Waals surface area contributed by atoms with Crippen LogP contribution < -0.4 is 56.5 Å². The van der Waals surface area contributed by atoms with Gasteiger partial charge in [0.25, 0.3) is 0 Å². The Morgan fingerprint density at radius 1 is 1.53 bits per heavy atom. The van der Waals surface area contributed by atoms with Gasteiger partial charge < -0.3 is 9.84 Å². The number of carbonyl (C=O) groups excluding carboxylic acids is 1. The third kappa shape index (κ3) is 5.43. The van der Waals surface area contributed by atoms with Gasteiger partial charge in [0.1, 0.15) is 0 Å². The minimum Gasteiger partial charge on any atom is -0.868 e. The van der Waals surface area contributed by atoms with Crippen molar-refractivity contribution in [3.05, 3.63) is 35.8 Å². The fraction of sp³-hybridized carbons (Fsp3) is 0.200. The first kappa shape index (κ1) is 14.8. The minimum atomic E-state index is -0.829. The second-order valence-electron chi connectivity index (χ2n) is 2.51. The Labute approximate surface area is 131 Å². The minimum absolute atomic E-state index is 0. The molecule has 74 valence electrons. The number of aromatic nitrogens is 1. The number of hydrogen-bond acceptors (Lipinski definition) is 4. The molecule has 15 heavy (non-hydrogen) atoms. The molecule has 0 unspecified atom stereocenters. The van der Waals surface area contributed by atoms with E-state index in [1.54, 1.807) is 31.5 Å². The summed E-state index contributed by atoms with van der Waals surface area (Å²) in [5.74, 6) is -1.48. The summed E-state index contributed by atoms with van der Waals surface area (Å²) in [6.45, 7) is 1.85. The molecule has 0 radical (unpaired) electrons. The van der Waals surface area contributed by atoms with E-state index in [9.17, 15) is 9.90 Å². The molecule has 0 aliphatic carbocycles. The Hall–Kier alpha value is -0.204. The van der Waals surface area contributed by atoms with Gasteiger partial charge in [0.05, 0.1) is 6.61 Å². The molecule has 1 rings (SSSR count). The maximum Gasteiger partial charge on any atom is 1.00 e. The zero-order valence-corrected chi connectivity index (χ0v) is 11.9. The molecular weight excluding hydrogens is 221 g/mol. The van der Waals surface area contributed by atoms with E-state index in [0.717, 1.165) is 0 Å². The van der Waals surface area contributed by atoms with Crippen molar-refractivity contribution < 1.29 is 66.0 Å². The molecule has 0 amide bonds. The summed E-state index contributed by atoms with van der Waals surface area (Å²) in [4.78, 5) is 14.7. The van der Waals surface area contributed by atoms with Crippen molar-refractivity contribution in [3.8, 4) is 0 Å². The van der Waals surface area contributed by atoms with E-state index in [-0.39, 0.29) is 58.0 Å². The quantitative estimate of drug-likeness (QED) is 0.247. The van der Waals surface area contributed by atoms with Gasteiger partial charge in [0, 0.05) is 12.4 Å². The van der Waals surface area contributed by atoms with Crippen LogP contribution in [0.4, 0.5) is 0 Å². The molecule has 1 aromatic rings. The Balaban J connectivity index is 0.00000196. The van der Waals surface area contributed by atoms with E-state index >= 15 is 0 Å². The fourth-order valence-corrected chi connectivity index (χ4v) is 0.872. The van der Waals surface area contributed by atoms with Crippen molar-refractivity contribution in [1.82, 2.24) is 4.98 Å². The van der Waals surface area contributed by atoms with Gasteiger partial charge in [-0.1, -0.05) is 6.08 Å². The van der Waals surface area contributed by atoms with Crippen molar-refractivity contribution in [2.45, 2.75) is 6.92 Å².